The second-order valence-corrected chi connectivity index (χ2v) is 5.18. The first-order valence-electron chi connectivity index (χ1n) is 6.65. The van der Waals surface area contributed by atoms with Crippen LogP contribution in [0.1, 0.15) is 49.5 Å². The summed E-state index contributed by atoms with van der Waals surface area (Å²) in [4.78, 5) is 16.1. The van der Waals surface area contributed by atoms with Crippen molar-refractivity contribution in [2.75, 3.05) is 12.3 Å². The summed E-state index contributed by atoms with van der Waals surface area (Å²) in [6.07, 6.45) is 7.68. The molecule has 1 aliphatic carbocycles. The third kappa shape index (κ3) is 2.63. The lowest BCUT2D eigenvalue weighted by Crippen LogP contribution is -2.36. The van der Waals surface area contributed by atoms with Gasteiger partial charge < -0.3 is 11.1 Å². The topological polar surface area (TPSA) is 68.0 Å². The van der Waals surface area contributed by atoms with Crippen LogP contribution in [0.15, 0.2) is 18.3 Å². The molecule has 1 heterocycles. The quantitative estimate of drug-likeness (QED) is 0.858. The van der Waals surface area contributed by atoms with E-state index >= 15 is 0 Å². The van der Waals surface area contributed by atoms with Crippen LogP contribution in [0.4, 0.5) is 5.69 Å². The van der Waals surface area contributed by atoms with E-state index in [4.69, 9.17) is 5.73 Å². The molecule has 3 N–H and O–H groups in total. The van der Waals surface area contributed by atoms with E-state index in [-0.39, 0.29) is 5.91 Å². The lowest BCUT2D eigenvalue weighted by atomic mass is 9.83. The molecule has 1 fully saturated rings. The van der Waals surface area contributed by atoms with Crippen molar-refractivity contribution in [3.63, 3.8) is 0 Å². The Bertz CT molecular complexity index is 425. The van der Waals surface area contributed by atoms with E-state index in [1.807, 2.05) is 0 Å². The number of nitrogen functional groups attached to an aromatic ring is 1. The number of carbonyl (C=O) groups excluding carboxylic acids is 1. The van der Waals surface area contributed by atoms with Gasteiger partial charge in [0.15, 0.2) is 5.69 Å². The number of amides is 1. The highest BCUT2D eigenvalue weighted by Crippen LogP contribution is 2.40. The predicted octanol–water partition coefficient (Wildman–Crippen LogP) is 2.36. The van der Waals surface area contributed by atoms with Crippen molar-refractivity contribution in [2.24, 2.45) is 5.41 Å². The Hall–Kier alpha value is -1.58. The molecule has 0 atom stereocenters. The summed E-state index contributed by atoms with van der Waals surface area (Å²) in [5.74, 6) is -0.159. The maximum Gasteiger partial charge on any atom is 0.272 e. The van der Waals surface area contributed by atoms with Gasteiger partial charge in [-0.1, -0.05) is 19.8 Å². The largest absolute Gasteiger partial charge is 0.397 e. The van der Waals surface area contributed by atoms with Gasteiger partial charge in [0, 0.05) is 12.7 Å². The van der Waals surface area contributed by atoms with Crippen molar-refractivity contribution < 1.29 is 4.79 Å². The SMILES string of the molecule is CCC1(CNC(=O)c2ncccc2N)CCCC1. The molecule has 1 amide bonds. The van der Waals surface area contributed by atoms with Gasteiger partial charge in [0.25, 0.3) is 5.91 Å². The van der Waals surface area contributed by atoms with E-state index in [9.17, 15) is 4.79 Å². The van der Waals surface area contributed by atoms with Crippen molar-refractivity contribution in [1.82, 2.24) is 10.3 Å². The van der Waals surface area contributed by atoms with Gasteiger partial charge >= 0.3 is 0 Å². The van der Waals surface area contributed by atoms with Crippen LogP contribution in [0.25, 0.3) is 0 Å². The molecule has 1 aromatic rings. The second-order valence-electron chi connectivity index (χ2n) is 5.18. The van der Waals surface area contributed by atoms with Crippen LogP contribution in [-0.4, -0.2) is 17.4 Å². The minimum atomic E-state index is -0.159. The average molecular weight is 247 g/mol. The molecule has 4 nitrogen and oxygen atoms in total. The molecule has 4 heteroatoms. The summed E-state index contributed by atoms with van der Waals surface area (Å²) in [5.41, 5.74) is 6.81. The van der Waals surface area contributed by atoms with Crippen LogP contribution >= 0.6 is 0 Å². The molecular formula is C14H21N3O. The molecule has 18 heavy (non-hydrogen) atoms. The molecule has 1 saturated carbocycles. The summed E-state index contributed by atoms with van der Waals surface area (Å²) in [5, 5.41) is 2.99. The fourth-order valence-corrected chi connectivity index (χ4v) is 2.74. The van der Waals surface area contributed by atoms with Crippen molar-refractivity contribution in [2.45, 2.75) is 39.0 Å². The Morgan fingerprint density at radius 3 is 2.83 bits per heavy atom. The number of hydrogen-bond donors (Lipinski definition) is 2. The van der Waals surface area contributed by atoms with E-state index in [0.29, 0.717) is 16.8 Å². The molecule has 1 aliphatic rings. The fraction of sp³-hybridized carbons (Fsp3) is 0.571. The average Bonchev–Trinajstić information content (AvgIpc) is 2.86. The lowest BCUT2D eigenvalue weighted by Gasteiger charge is -2.27. The summed E-state index contributed by atoms with van der Waals surface area (Å²) in [6, 6.07) is 3.43. The molecule has 0 radical (unpaired) electrons. The van der Waals surface area contributed by atoms with E-state index < -0.39 is 0 Å². The highest BCUT2D eigenvalue weighted by atomic mass is 16.1. The van der Waals surface area contributed by atoms with Gasteiger partial charge in [-0.05, 0) is 36.8 Å². The summed E-state index contributed by atoms with van der Waals surface area (Å²) in [6.45, 7) is 2.94. The van der Waals surface area contributed by atoms with Gasteiger partial charge in [0.2, 0.25) is 0 Å². The number of nitrogens with zero attached hydrogens (tertiary/aromatic N) is 1. The number of aromatic nitrogens is 1. The van der Waals surface area contributed by atoms with E-state index in [1.165, 1.54) is 25.7 Å². The Morgan fingerprint density at radius 1 is 1.50 bits per heavy atom. The molecule has 0 saturated heterocycles. The molecule has 98 valence electrons. The fourth-order valence-electron chi connectivity index (χ4n) is 2.74. The van der Waals surface area contributed by atoms with Gasteiger partial charge in [0.05, 0.1) is 5.69 Å². The minimum absolute atomic E-state index is 0.159. The monoisotopic (exact) mass is 247 g/mol. The first-order chi connectivity index (χ1) is 8.67. The summed E-state index contributed by atoms with van der Waals surface area (Å²) < 4.78 is 0. The zero-order valence-electron chi connectivity index (χ0n) is 10.9. The molecule has 0 aliphatic heterocycles. The third-order valence-electron chi connectivity index (χ3n) is 4.09. The third-order valence-corrected chi connectivity index (χ3v) is 4.09. The maximum absolute atomic E-state index is 12.0. The van der Waals surface area contributed by atoms with Gasteiger partial charge in [-0.3, -0.25) is 4.79 Å². The van der Waals surface area contributed by atoms with Crippen molar-refractivity contribution in [3.8, 4) is 0 Å². The normalized spacial score (nSPS) is 17.6. The van der Waals surface area contributed by atoms with Crippen LogP contribution in [0.3, 0.4) is 0 Å². The predicted molar refractivity (Wildman–Crippen MR) is 72.2 cm³/mol. The highest BCUT2D eigenvalue weighted by Gasteiger charge is 2.32. The van der Waals surface area contributed by atoms with Crippen LogP contribution < -0.4 is 11.1 Å². The minimum Gasteiger partial charge on any atom is -0.397 e. The Balaban J connectivity index is 1.98. The summed E-state index contributed by atoms with van der Waals surface area (Å²) >= 11 is 0. The van der Waals surface area contributed by atoms with Crippen molar-refractivity contribution >= 4 is 11.6 Å². The Morgan fingerprint density at radius 2 is 2.22 bits per heavy atom. The molecule has 1 aromatic heterocycles. The van der Waals surface area contributed by atoms with E-state index in [1.54, 1.807) is 18.3 Å². The highest BCUT2D eigenvalue weighted by molar-refractivity contribution is 5.96. The van der Waals surface area contributed by atoms with Crippen molar-refractivity contribution in [1.29, 1.82) is 0 Å². The van der Waals surface area contributed by atoms with Crippen LogP contribution in [0.5, 0.6) is 0 Å². The van der Waals surface area contributed by atoms with Gasteiger partial charge in [0.1, 0.15) is 0 Å². The molecular weight excluding hydrogens is 226 g/mol. The van der Waals surface area contributed by atoms with E-state index in [2.05, 4.69) is 17.2 Å². The zero-order chi connectivity index (χ0) is 13.0. The molecule has 0 aromatic carbocycles. The number of carbonyl (C=O) groups is 1. The van der Waals surface area contributed by atoms with Crippen LogP contribution in [0, 0.1) is 5.41 Å². The first-order valence-corrected chi connectivity index (χ1v) is 6.65. The molecule has 0 spiro atoms. The smallest absolute Gasteiger partial charge is 0.272 e. The molecule has 2 rings (SSSR count). The second kappa shape index (κ2) is 5.38. The standard InChI is InChI=1S/C14H21N3O/c1-2-14(7-3-4-8-14)10-17-13(18)12-11(15)6-5-9-16-12/h5-6,9H,2-4,7-8,10,15H2,1H3,(H,17,18). The molecule has 0 unspecified atom stereocenters. The van der Waals surface area contributed by atoms with Crippen LogP contribution in [0.2, 0.25) is 0 Å². The summed E-state index contributed by atoms with van der Waals surface area (Å²) in [7, 11) is 0. The van der Waals surface area contributed by atoms with Crippen molar-refractivity contribution in [3.05, 3.63) is 24.0 Å². The number of pyridine rings is 1. The lowest BCUT2D eigenvalue weighted by molar-refractivity contribution is 0.0925. The maximum atomic E-state index is 12.0. The number of nitrogens with two attached hydrogens (primary N) is 1. The number of hydrogen-bond acceptors (Lipinski definition) is 3. The van der Waals surface area contributed by atoms with Crippen LogP contribution in [-0.2, 0) is 0 Å². The van der Waals surface area contributed by atoms with E-state index in [0.717, 1.165) is 13.0 Å². The zero-order valence-corrected chi connectivity index (χ0v) is 10.9. The first kappa shape index (κ1) is 12.9. The number of rotatable bonds is 4. The van der Waals surface area contributed by atoms with Gasteiger partial charge in [-0.2, -0.15) is 0 Å². The van der Waals surface area contributed by atoms with Gasteiger partial charge in [-0.25, -0.2) is 4.98 Å². The Kier molecular flexibility index (Phi) is 3.84. The molecule has 0 bridgehead atoms. The number of nitrogens with one attached hydrogen (secondary N) is 1. The van der Waals surface area contributed by atoms with Gasteiger partial charge in [-0.15, -0.1) is 0 Å². The number of anilines is 1. The Labute approximate surface area is 108 Å².